The first-order valence-corrected chi connectivity index (χ1v) is 8.15. The third-order valence-electron chi connectivity index (χ3n) is 3.54. The van der Waals surface area contributed by atoms with E-state index in [1.54, 1.807) is 19.1 Å². The van der Waals surface area contributed by atoms with Crippen molar-refractivity contribution >= 4 is 39.0 Å². The summed E-state index contributed by atoms with van der Waals surface area (Å²) in [6.45, 7) is 1.79. The number of allylic oxidation sites excluding steroid dienone is 1. The molecule has 1 aliphatic heterocycles. The van der Waals surface area contributed by atoms with Gasteiger partial charge in [-0.3, -0.25) is 5.41 Å². The van der Waals surface area contributed by atoms with Gasteiger partial charge in [0.2, 0.25) is 12.3 Å². The second-order valence-corrected chi connectivity index (χ2v) is 6.16. The number of nitrogens with one attached hydrogen (secondary N) is 2. The Balaban J connectivity index is 2.21. The zero-order chi connectivity index (χ0) is 18.6. The molecule has 0 aliphatic carbocycles. The van der Waals surface area contributed by atoms with Crippen LogP contribution in [0.1, 0.15) is 19.0 Å². The van der Waals surface area contributed by atoms with E-state index in [9.17, 15) is 8.78 Å². The Morgan fingerprint density at radius 1 is 1.44 bits per heavy atom. The molecule has 2 rings (SSSR count). The standard InChI is InChI=1S/C15H17BrF2N6O/c1-7-9(12(19)13(20)15(22-7)24-25)6-8-2-3-10(16)14(23-8)21-5-4-11(17)18/h2-3,11,20,25H,4-6,19H2,1H3,(H,21,23)/b20-13?,24-15+. The van der Waals surface area contributed by atoms with Gasteiger partial charge in [-0.1, -0.05) is 5.16 Å². The van der Waals surface area contributed by atoms with Crippen LogP contribution in [0, 0.1) is 5.41 Å². The number of alkyl halides is 2. The molecule has 7 nitrogen and oxygen atoms in total. The molecule has 1 aromatic rings. The van der Waals surface area contributed by atoms with Gasteiger partial charge in [0, 0.05) is 36.4 Å². The molecule has 25 heavy (non-hydrogen) atoms. The van der Waals surface area contributed by atoms with Crippen LogP contribution in [-0.2, 0) is 6.42 Å². The Morgan fingerprint density at radius 3 is 2.80 bits per heavy atom. The number of anilines is 1. The number of hydrogen-bond acceptors (Lipinski definition) is 6. The van der Waals surface area contributed by atoms with Crippen molar-refractivity contribution in [1.82, 2.24) is 4.98 Å². The molecule has 2 heterocycles. The highest BCUT2D eigenvalue weighted by Crippen LogP contribution is 2.23. The summed E-state index contributed by atoms with van der Waals surface area (Å²) in [5.74, 6) is 0.312. The molecule has 0 amide bonds. The van der Waals surface area contributed by atoms with Gasteiger partial charge in [-0.05, 0) is 35.0 Å². The fraction of sp³-hybridized carbons (Fsp3) is 0.333. The number of dihydropyridines is 1. The molecule has 1 aliphatic rings. The first-order valence-electron chi connectivity index (χ1n) is 7.36. The second-order valence-electron chi connectivity index (χ2n) is 5.30. The summed E-state index contributed by atoms with van der Waals surface area (Å²) in [6.07, 6.45) is -2.35. The minimum absolute atomic E-state index is 0.0962. The predicted molar refractivity (Wildman–Crippen MR) is 96.0 cm³/mol. The fourth-order valence-corrected chi connectivity index (χ4v) is 2.59. The van der Waals surface area contributed by atoms with Crippen molar-refractivity contribution < 1.29 is 14.0 Å². The van der Waals surface area contributed by atoms with Crippen LogP contribution in [0.25, 0.3) is 0 Å². The van der Waals surface area contributed by atoms with Gasteiger partial charge in [-0.2, -0.15) is 0 Å². The molecule has 0 unspecified atom stereocenters. The Hall–Kier alpha value is -2.36. The summed E-state index contributed by atoms with van der Waals surface area (Å²) in [4.78, 5) is 8.44. The van der Waals surface area contributed by atoms with Crippen LogP contribution < -0.4 is 11.1 Å². The first-order chi connectivity index (χ1) is 11.8. The fourth-order valence-electron chi connectivity index (χ4n) is 2.23. The van der Waals surface area contributed by atoms with E-state index in [2.05, 4.69) is 36.4 Å². The highest BCUT2D eigenvalue weighted by molar-refractivity contribution is 9.10. The lowest BCUT2D eigenvalue weighted by Crippen LogP contribution is -2.29. The van der Waals surface area contributed by atoms with E-state index in [4.69, 9.17) is 16.4 Å². The molecule has 5 N–H and O–H groups in total. The van der Waals surface area contributed by atoms with E-state index < -0.39 is 6.43 Å². The number of nitrogens with two attached hydrogens (primary N) is 1. The number of pyridine rings is 1. The number of oxime groups is 1. The smallest absolute Gasteiger partial charge is 0.240 e. The Bertz CT molecular complexity index is 775. The first kappa shape index (κ1) is 19.0. The molecule has 0 fully saturated rings. The van der Waals surface area contributed by atoms with Crippen LogP contribution in [0.2, 0.25) is 0 Å². The summed E-state index contributed by atoms with van der Waals surface area (Å²) in [7, 11) is 0. The van der Waals surface area contributed by atoms with Crippen molar-refractivity contribution in [2.75, 3.05) is 11.9 Å². The van der Waals surface area contributed by atoms with Crippen molar-refractivity contribution in [2.45, 2.75) is 26.2 Å². The molecule has 134 valence electrons. The highest BCUT2D eigenvalue weighted by Gasteiger charge is 2.23. The van der Waals surface area contributed by atoms with Crippen molar-refractivity contribution in [1.29, 1.82) is 5.41 Å². The third-order valence-corrected chi connectivity index (χ3v) is 4.18. The Morgan fingerprint density at radius 2 is 2.16 bits per heavy atom. The minimum Gasteiger partial charge on any atom is -0.409 e. The summed E-state index contributed by atoms with van der Waals surface area (Å²) in [6, 6.07) is 3.51. The molecule has 0 radical (unpaired) electrons. The molecule has 0 spiro atoms. The monoisotopic (exact) mass is 414 g/mol. The largest absolute Gasteiger partial charge is 0.409 e. The van der Waals surface area contributed by atoms with Crippen LogP contribution in [0.3, 0.4) is 0 Å². The van der Waals surface area contributed by atoms with Crippen LogP contribution in [0.4, 0.5) is 14.6 Å². The Labute approximate surface area is 151 Å². The van der Waals surface area contributed by atoms with Crippen molar-refractivity contribution in [3.05, 3.63) is 33.6 Å². The molecule has 0 atom stereocenters. The molecule has 0 aromatic carbocycles. The van der Waals surface area contributed by atoms with Gasteiger partial charge in [0.15, 0.2) is 0 Å². The average molecular weight is 415 g/mol. The normalized spacial score (nSPS) is 16.6. The molecule has 1 aromatic heterocycles. The van der Waals surface area contributed by atoms with E-state index in [-0.39, 0.29) is 30.2 Å². The van der Waals surface area contributed by atoms with Crippen LogP contribution in [0.15, 0.2) is 38.0 Å². The lowest BCUT2D eigenvalue weighted by molar-refractivity contribution is 0.142. The highest BCUT2D eigenvalue weighted by atomic mass is 79.9. The van der Waals surface area contributed by atoms with Gasteiger partial charge < -0.3 is 16.3 Å². The average Bonchev–Trinajstić information content (AvgIpc) is 2.57. The number of hydrogen-bond donors (Lipinski definition) is 4. The SMILES string of the molecule is CC1=N/C(=N/O)C(=N)C(N)=C1Cc1ccc(Br)c(NCCC(F)F)n1. The molecular weight excluding hydrogens is 398 g/mol. The van der Waals surface area contributed by atoms with E-state index >= 15 is 0 Å². The summed E-state index contributed by atoms with van der Waals surface area (Å²) >= 11 is 3.32. The van der Waals surface area contributed by atoms with E-state index in [0.717, 1.165) is 0 Å². The number of aliphatic imine (C=N–C) groups is 1. The van der Waals surface area contributed by atoms with Gasteiger partial charge in [-0.15, -0.1) is 0 Å². The van der Waals surface area contributed by atoms with Crippen LogP contribution in [0.5, 0.6) is 0 Å². The molecule has 0 bridgehead atoms. The number of rotatable bonds is 6. The van der Waals surface area contributed by atoms with Crippen LogP contribution >= 0.6 is 15.9 Å². The quantitative estimate of drug-likeness (QED) is 0.422. The van der Waals surface area contributed by atoms with Crippen LogP contribution in [-0.4, -0.2) is 40.4 Å². The summed E-state index contributed by atoms with van der Waals surface area (Å²) in [5.41, 5.74) is 7.72. The molecule has 0 saturated carbocycles. The van der Waals surface area contributed by atoms with E-state index in [1.807, 2.05) is 0 Å². The van der Waals surface area contributed by atoms with E-state index in [0.29, 0.717) is 33.7 Å². The zero-order valence-electron chi connectivity index (χ0n) is 13.4. The van der Waals surface area contributed by atoms with Gasteiger partial charge in [0.05, 0.1) is 10.2 Å². The van der Waals surface area contributed by atoms with Crippen molar-refractivity contribution in [3.63, 3.8) is 0 Å². The number of aromatic nitrogens is 1. The second kappa shape index (κ2) is 8.15. The number of amidine groups is 1. The topological polar surface area (TPSA) is 120 Å². The van der Waals surface area contributed by atoms with E-state index in [1.165, 1.54) is 0 Å². The van der Waals surface area contributed by atoms with Gasteiger partial charge >= 0.3 is 0 Å². The summed E-state index contributed by atoms with van der Waals surface area (Å²) < 4.78 is 25.2. The lowest BCUT2D eigenvalue weighted by atomic mass is 9.97. The predicted octanol–water partition coefficient (Wildman–Crippen LogP) is 2.95. The maximum Gasteiger partial charge on any atom is 0.240 e. The number of nitrogens with zero attached hydrogens (tertiary/aromatic N) is 3. The lowest BCUT2D eigenvalue weighted by Gasteiger charge is -2.18. The van der Waals surface area contributed by atoms with Gasteiger partial charge in [0.25, 0.3) is 0 Å². The van der Waals surface area contributed by atoms with Gasteiger partial charge in [0.1, 0.15) is 11.5 Å². The Kier molecular flexibility index (Phi) is 6.18. The number of halogens is 3. The molecule has 10 heteroatoms. The van der Waals surface area contributed by atoms with Crippen molar-refractivity contribution in [2.24, 2.45) is 15.9 Å². The maximum absolute atomic E-state index is 12.3. The molecular formula is C15H17BrF2N6O. The summed E-state index contributed by atoms with van der Waals surface area (Å²) in [5, 5.41) is 22.5. The maximum atomic E-state index is 12.3. The van der Waals surface area contributed by atoms with Gasteiger partial charge in [-0.25, -0.2) is 18.8 Å². The third kappa shape index (κ3) is 4.59. The minimum atomic E-state index is -2.38. The molecule has 0 saturated heterocycles. The zero-order valence-corrected chi connectivity index (χ0v) is 14.9. The van der Waals surface area contributed by atoms with Crippen molar-refractivity contribution in [3.8, 4) is 0 Å².